The van der Waals surface area contributed by atoms with Gasteiger partial charge in [-0.05, 0) is 19.3 Å². The van der Waals surface area contributed by atoms with Gasteiger partial charge in [-0.2, -0.15) is 5.10 Å². The van der Waals surface area contributed by atoms with Crippen LogP contribution < -0.4 is 10.6 Å². The SMILES string of the molecule is CCc1cc(NC(=O)NCC2(C)CCCCC2O)n(C)n1. The summed E-state index contributed by atoms with van der Waals surface area (Å²) in [5.74, 6) is 0.679. The summed E-state index contributed by atoms with van der Waals surface area (Å²) < 4.78 is 1.66. The molecule has 118 valence electrons. The molecule has 1 saturated carbocycles. The Morgan fingerprint density at radius 2 is 2.33 bits per heavy atom. The van der Waals surface area contributed by atoms with Crippen molar-refractivity contribution in [3.05, 3.63) is 11.8 Å². The van der Waals surface area contributed by atoms with Gasteiger partial charge in [-0.15, -0.1) is 0 Å². The first-order valence-corrected chi connectivity index (χ1v) is 7.70. The Morgan fingerprint density at radius 3 is 2.95 bits per heavy atom. The molecule has 0 bridgehead atoms. The number of carbonyl (C=O) groups is 1. The zero-order valence-corrected chi connectivity index (χ0v) is 13.1. The van der Waals surface area contributed by atoms with Crippen LogP contribution in [0.25, 0.3) is 0 Å². The first-order valence-electron chi connectivity index (χ1n) is 7.70. The normalized spacial score (nSPS) is 25.6. The van der Waals surface area contributed by atoms with Crippen LogP contribution in [0.3, 0.4) is 0 Å². The van der Waals surface area contributed by atoms with Gasteiger partial charge in [0.15, 0.2) is 0 Å². The molecule has 2 rings (SSSR count). The molecule has 2 amide bonds. The molecule has 0 spiro atoms. The van der Waals surface area contributed by atoms with E-state index in [4.69, 9.17) is 0 Å². The van der Waals surface area contributed by atoms with Gasteiger partial charge >= 0.3 is 6.03 Å². The third-order valence-electron chi connectivity index (χ3n) is 4.47. The molecule has 6 nitrogen and oxygen atoms in total. The number of aromatic nitrogens is 2. The number of anilines is 1. The highest BCUT2D eigenvalue weighted by atomic mass is 16.3. The van der Waals surface area contributed by atoms with E-state index in [1.165, 1.54) is 0 Å². The number of aliphatic hydroxyl groups excluding tert-OH is 1. The summed E-state index contributed by atoms with van der Waals surface area (Å²) in [5, 5.41) is 20.1. The van der Waals surface area contributed by atoms with E-state index in [2.05, 4.69) is 15.7 Å². The van der Waals surface area contributed by atoms with Gasteiger partial charge in [0, 0.05) is 25.1 Å². The van der Waals surface area contributed by atoms with Gasteiger partial charge in [0.05, 0.1) is 11.8 Å². The average molecular weight is 294 g/mol. The minimum Gasteiger partial charge on any atom is -0.392 e. The molecule has 1 fully saturated rings. The van der Waals surface area contributed by atoms with Crippen molar-refractivity contribution in [1.82, 2.24) is 15.1 Å². The van der Waals surface area contributed by atoms with Crippen molar-refractivity contribution < 1.29 is 9.90 Å². The minimum absolute atomic E-state index is 0.226. The van der Waals surface area contributed by atoms with Gasteiger partial charge in [0.1, 0.15) is 5.82 Å². The molecule has 1 aromatic rings. The molecule has 0 saturated heterocycles. The highest BCUT2D eigenvalue weighted by Gasteiger charge is 2.35. The first-order chi connectivity index (χ1) is 9.94. The van der Waals surface area contributed by atoms with Crippen LogP contribution in [0.4, 0.5) is 10.6 Å². The van der Waals surface area contributed by atoms with Crippen LogP contribution >= 0.6 is 0 Å². The quantitative estimate of drug-likeness (QED) is 0.795. The number of hydrogen-bond acceptors (Lipinski definition) is 3. The number of amides is 2. The summed E-state index contributed by atoms with van der Waals surface area (Å²) in [4.78, 5) is 12.0. The second-order valence-electron chi connectivity index (χ2n) is 6.22. The second kappa shape index (κ2) is 6.47. The largest absolute Gasteiger partial charge is 0.392 e. The lowest BCUT2D eigenvalue weighted by molar-refractivity contribution is 0.00333. The lowest BCUT2D eigenvalue weighted by Gasteiger charge is -2.38. The van der Waals surface area contributed by atoms with Crippen molar-refractivity contribution in [3.63, 3.8) is 0 Å². The van der Waals surface area contributed by atoms with Crippen LogP contribution in [0.15, 0.2) is 6.07 Å². The number of nitrogens with zero attached hydrogens (tertiary/aromatic N) is 2. The molecule has 21 heavy (non-hydrogen) atoms. The second-order valence-corrected chi connectivity index (χ2v) is 6.22. The van der Waals surface area contributed by atoms with Gasteiger partial charge in [-0.3, -0.25) is 10.00 Å². The predicted molar refractivity (Wildman–Crippen MR) is 82.2 cm³/mol. The van der Waals surface area contributed by atoms with E-state index >= 15 is 0 Å². The van der Waals surface area contributed by atoms with E-state index in [0.717, 1.165) is 37.8 Å². The molecule has 6 heteroatoms. The van der Waals surface area contributed by atoms with Crippen LogP contribution in [0.2, 0.25) is 0 Å². The molecule has 1 heterocycles. The Bertz CT molecular complexity index is 500. The Morgan fingerprint density at radius 1 is 1.57 bits per heavy atom. The van der Waals surface area contributed by atoms with E-state index in [1.54, 1.807) is 11.7 Å². The fourth-order valence-corrected chi connectivity index (χ4v) is 2.85. The molecule has 0 aliphatic heterocycles. The molecule has 1 aliphatic carbocycles. The van der Waals surface area contributed by atoms with Crippen LogP contribution in [0.5, 0.6) is 0 Å². The van der Waals surface area contributed by atoms with Crippen LogP contribution in [-0.2, 0) is 13.5 Å². The fourth-order valence-electron chi connectivity index (χ4n) is 2.85. The molecular formula is C15H26N4O2. The first kappa shape index (κ1) is 15.8. The van der Waals surface area contributed by atoms with Crippen LogP contribution in [0, 0.1) is 5.41 Å². The maximum absolute atomic E-state index is 12.0. The van der Waals surface area contributed by atoms with E-state index in [0.29, 0.717) is 12.4 Å². The van der Waals surface area contributed by atoms with Crippen LogP contribution in [0.1, 0.15) is 45.2 Å². The Hall–Kier alpha value is -1.56. The Kier molecular flexibility index (Phi) is 4.88. The van der Waals surface area contributed by atoms with Crippen molar-refractivity contribution in [2.24, 2.45) is 12.5 Å². The summed E-state index contributed by atoms with van der Waals surface area (Å²) in [7, 11) is 1.81. The van der Waals surface area contributed by atoms with Crippen molar-refractivity contribution in [2.75, 3.05) is 11.9 Å². The number of aliphatic hydroxyl groups is 1. The maximum atomic E-state index is 12.0. The summed E-state index contributed by atoms with van der Waals surface area (Å²) in [6.07, 6.45) is 4.44. The number of rotatable bonds is 4. The standard InChI is InChI=1S/C15H26N4O2/c1-4-11-9-13(19(3)18-11)17-14(21)16-10-15(2)8-6-5-7-12(15)20/h9,12,20H,4-8,10H2,1-3H3,(H2,16,17,21). The van der Waals surface area contributed by atoms with Crippen molar-refractivity contribution in [1.29, 1.82) is 0 Å². The van der Waals surface area contributed by atoms with Gasteiger partial charge in [0.2, 0.25) is 0 Å². The molecule has 3 N–H and O–H groups in total. The lowest BCUT2D eigenvalue weighted by atomic mass is 9.73. The number of hydrogen-bond donors (Lipinski definition) is 3. The van der Waals surface area contributed by atoms with Gasteiger partial charge < -0.3 is 10.4 Å². The minimum atomic E-state index is -0.338. The van der Waals surface area contributed by atoms with Gasteiger partial charge in [-0.1, -0.05) is 26.7 Å². The van der Waals surface area contributed by atoms with Gasteiger partial charge in [0.25, 0.3) is 0 Å². The fraction of sp³-hybridized carbons (Fsp3) is 0.733. The Labute approximate surface area is 125 Å². The lowest BCUT2D eigenvalue weighted by Crippen LogP contribution is -2.46. The molecular weight excluding hydrogens is 268 g/mol. The third-order valence-corrected chi connectivity index (χ3v) is 4.47. The molecule has 1 aromatic heterocycles. The monoisotopic (exact) mass is 294 g/mol. The van der Waals surface area contributed by atoms with Crippen molar-refractivity contribution >= 4 is 11.8 Å². The smallest absolute Gasteiger partial charge is 0.320 e. The number of aryl methyl sites for hydroxylation is 2. The van der Waals surface area contributed by atoms with Crippen molar-refractivity contribution in [3.8, 4) is 0 Å². The maximum Gasteiger partial charge on any atom is 0.320 e. The summed E-state index contributed by atoms with van der Waals surface area (Å²) in [6.45, 7) is 4.55. The van der Waals surface area contributed by atoms with Crippen LogP contribution in [-0.4, -0.2) is 33.6 Å². The topological polar surface area (TPSA) is 79.2 Å². The van der Waals surface area contributed by atoms with E-state index in [9.17, 15) is 9.90 Å². The highest BCUT2D eigenvalue weighted by molar-refractivity contribution is 5.88. The number of urea groups is 1. The van der Waals surface area contributed by atoms with E-state index < -0.39 is 0 Å². The van der Waals surface area contributed by atoms with Gasteiger partial charge in [-0.25, -0.2) is 4.79 Å². The van der Waals surface area contributed by atoms with E-state index in [1.807, 2.05) is 19.9 Å². The number of carbonyl (C=O) groups excluding carboxylic acids is 1. The Balaban J connectivity index is 1.88. The summed E-state index contributed by atoms with van der Waals surface area (Å²) >= 11 is 0. The van der Waals surface area contributed by atoms with E-state index in [-0.39, 0.29) is 17.6 Å². The number of nitrogens with one attached hydrogen (secondary N) is 2. The predicted octanol–water partition coefficient (Wildman–Crippen LogP) is 2.05. The molecule has 0 radical (unpaired) electrons. The summed E-state index contributed by atoms with van der Waals surface area (Å²) in [6, 6.07) is 1.62. The highest BCUT2D eigenvalue weighted by Crippen LogP contribution is 2.35. The van der Waals surface area contributed by atoms with Crippen molar-refractivity contribution in [2.45, 2.75) is 52.1 Å². The summed E-state index contributed by atoms with van der Waals surface area (Å²) in [5.41, 5.74) is 0.721. The molecule has 0 aromatic carbocycles. The zero-order chi connectivity index (χ0) is 15.5. The zero-order valence-electron chi connectivity index (χ0n) is 13.1. The molecule has 2 unspecified atom stereocenters. The average Bonchev–Trinajstić information content (AvgIpc) is 2.81. The molecule has 1 aliphatic rings. The molecule has 2 atom stereocenters. The third kappa shape index (κ3) is 3.75.